The normalized spacial score (nSPS) is 15.0. The molecular formula is C16H24FN3O2. The van der Waals surface area contributed by atoms with E-state index in [1.165, 1.54) is 12.1 Å². The van der Waals surface area contributed by atoms with Gasteiger partial charge in [0.2, 0.25) is 0 Å². The maximum atomic E-state index is 12.9. The van der Waals surface area contributed by atoms with Crippen LogP contribution >= 0.6 is 0 Å². The van der Waals surface area contributed by atoms with Gasteiger partial charge < -0.3 is 19.9 Å². The molecule has 5 nitrogen and oxygen atoms in total. The van der Waals surface area contributed by atoms with Gasteiger partial charge in [0.1, 0.15) is 5.82 Å². The lowest BCUT2D eigenvalue weighted by Gasteiger charge is -2.36. The lowest BCUT2D eigenvalue weighted by molar-refractivity contribution is 0.143. The fourth-order valence-corrected chi connectivity index (χ4v) is 2.45. The number of nitrogens with zero attached hydrogens (tertiary/aromatic N) is 2. The van der Waals surface area contributed by atoms with Crippen LogP contribution in [0.5, 0.6) is 0 Å². The first kappa shape index (κ1) is 16.5. The number of nitrogens with one attached hydrogen (secondary N) is 1. The van der Waals surface area contributed by atoms with Crippen molar-refractivity contribution in [2.24, 2.45) is 0 Å². The summed E-state index contributed by atoms with van der Waals surface area (Å²) in [6.45, 7) is 6.85. The predicted molar refractivity (Wildman–Crippen MR) is 84.7 cm³/mol. The van der Waals surface area contributed by atoms with Crippen molar-refractivity contribution in [3.05, 3.63) is 30.1 Å². The Hall–Kier alpha value is -1.82. The summed E-state index contributed by atoms with van der Waals surface area (Å²) in [5, 5.41) is 2.91. The average Bonchev–Trinajstić information content (AvgIpc) is 2.55. The number of ether oxygens (including phenoxy) is 1. The zero-order valence-electron chi connectivity index (χ0n) is 13.1. The summed E-state index contributed by atoms with van der Waals surface area (Å²) in [5.74, 6) is -0.228. The van der Waals surface area contributed by atoms with Crippen LogP contribution in [0.4, 0.5) is 14.9 Å². The lowest BCUT2D eigenvalue weighted by atomic mass is 10.2. The topological polar surface area (TPSA) is 44.8 Å². The van der Waals surface area contributed by atoms with Gasteiger partial charge in [-0.05, 0) is 37.6 Å². The molecule has 1 aliphatic heterocycles. The van der Waals surface area contributed by atoms with E-state index < -0.39 is 0 Å². The van der Waals surface area contributed by atoms with E-state index in [-0.39, 0.29) is 11.8 Å². The molecule has 1 fully saturated rings. The van der Waals surface area contributed by atoms with E-state index in [9.17, 15) is 9.18 Å². The Balaban J connectivity index is 1.70. The SMILES string of the molecule is CCOCCCNC(=O)N1CCN(c2ccc(F)cc2)CC1. The first-order valence-electron chi connectivity index (χ1n) is 7.81. The van der Waals surface area contributed by atoms with Crippen molar-refractivity contribution in [2.45, 2.75) is 13.3 Å². The molecule has 0 spiro atoms. The van der Waals surface area contributed by atoms with Gasteiger partial charge in [0, 0.05) is 51.6 Å². The van der Waals surface area contributed by atoms with Crippen LogP contribution in [0.3, 0.4) is 0 Å². The average molecular weight is 309 g/mol. The van der Waals surface area contributed by atoms with Crippen LogP contribution in [0.25, 0.3) is 0 Å². The molecule has 0 aliphatic carbocycles. The number of hydrogen-bond donors (Lipinski definition) is 1. The van der Waals surface area contributed by atoms with Crippen LogP contribution in [0.2, 0.25) is 0 Å². The number of rotatable bonds is 6. The third kappa shape index (κ3) is 4.87. The Morgan fingerprint density at radius 3 is 2.55 bits per heavy atom. The highest BCUT2D eigenvalue weighted by atomic mass is 19.1. The van der Waals surface area contributed by atoms with E-state index in [2.05, 4.69) is 10.2 Å². The number of piperazine rings is 1. The minimum Gasteiger partial charge on any atom is -0.382 e. The molecule has 2 rings (SSSR count). The van der Waals surface area contributed by atoms with E-state index in [0.29, 0.717) is 32.8 Å². The Labute approximate surface area is 131 Å². The van der Waals surface area contributed by atoms with Crippen molar-refractivity contribution < 1.29 is 13.9 Å². The summed E-state index contributed by atoms with van der Waals surface area (Å²) in [7, 11) is 0. The summed E-state index contributed by atoms with van der Waals surface area (Å²) in [5.41, 5.74) is 0.998. The van der Waals surface area contributed by atoms with Crippen molar-refractivity contribution in [1.29, 1.82) is 0 Å². The molecule has 0 bridgehead atoms. The summed E-state index contributed by atoms with van der Waals surface area (Å²) in [6.07, 6.45) is 0.828. The summed E-state index contributed by atoms with van der Waals surface area (Å²) in [4.78, 5) is 16.0. The smallest absolute Gasteiger partial charge is 0.317 e. The molecule has 0 radical (unpaired) electrons. The second-order valence-corrected chi connectivity index (χ2v) is 5.23. The van der Waals surface area contributed by atoms with E-state index in [0.717, 1.165) is 25.2 Å². The molecule has 0 unspecified atom stereocenters. The van der Waals surface area contributed by atoms with Gasteiger partial charge in [-0.15, -0.1) is 0 Å². The van der Waals surface area contributed by atoms with Gasteiger partial charge in [-0.3, -0.25) is 0 Å². The fourth-order valence-electron chi connectivity index (χ4n) is 2.45. The third-order valence-electron chi connectivity index (χ3n) is 3.70. The molecule has 22 heavy (non-hydrogen) atoms. The molecule has 1 N–H and O–H groups in total. The zero-order valence-corrected chi connectivity index (χ0v) is 13.1. The monoisotopic (exact) mass is 309 g/mol. The van der Waals surface area contributed by atoms with Gasteiger partial charge in [0.05, 0.1) is 0 Å². The van der Waals surface area contributed by atoms with Crippen molar-refractivity contribution in [3.63, 3.8) is 0 Å². The van der Waals surface area contributed by atoms with Gasteiger partial charge in [-0.1, -0.05) is 0 Å². The summed E-state index contributed by atoms with van der Waals surface area (Å²) >= 11 is 0. The highest BCUT2D eigenvalue weighted by Crippen LogP contribution is 2.16. The minimum absolute atomic E-state index is 0.0183. The predicted octanol–water partition coefficient (Wildman–Crippen LogP) is 2.08. The molecule has 122 valence electrons. The Morgan fingerprint density at radius 1 is 1.23 bits per heavy atom. The number of carbonyl (C=O) groups is 1. The Bertz CT molecular complexity index is 459. The quantitative estimate of drug-likeness (QED) is 0.818. The number of urea groups is 1. The van der Waals surface area contributed by atoms with Gasteiger partial charge in [0.25, 0.3) is 0 Å². The molecule has 2 amide bonds. The third-order valence-corrected chi connectivity index (χ3v) is 3.70. The maximum Gasteiger partial charge on any atom is 0.317 e. The van der Waals surface area contributed by atoms with E-state index in [1.54, 1.807) is 12.1 Å². The molecule has 0 aromatic heterocycles. The summed E-state index contributed by atoms with van der Waals surface area (Å²) < 4.78 is 18.2. The standard InChI is InChI=1S/C16H24FN3O2/c1-2-22-13-3-8-18-16(21)20-11-9-19(10-12-20)15-6-4-14(17)5-7-15/h4-7H,2-3,8-13H2,1H3,(H,18,21). The van der Waals surface area contributed by atoms with Crippen molar-refractivity contribution in [3.8, 4) is 0 Å². The molecule has 0 atom stereocenters. The molecule has 1 aliphatic rings. The van der Waals surface area contributed by atoms with Crippen molar-refractivity contribution in [2.75, 3.05) is 50.8 Å². The molecule has 1 aromatic carbocycles. The maximum absolute atomic E-state index is 12.9. The Kier molecular flexibility index (Phi) is 6.45. The van der Waals surface area contributed by atoms with Crippen molar-refractivity contribution in [1.82, 2.24) is 10.2 Å². The van der Waals surface area contributed by atoms with Gasteiger partial charge in [0.15, 0.2) is 0 Å². The van der Waals surface area contributed by atoms with E-state index in [1.807, 2.05) is 11.8 Å². The molecule has 6 heteroatoms. The first-order valence-corrected chi connectivity index (χ1v) is 7.81. The number of hydrogen-bond acceptors (Lipinski definition) is 3. The molecule has 0 saturated carbocycles. The number of halogens is 1. The van der Waals surface area contributed by atoms with Crippen LogP contribution in [-0.2, 0) is 4.74 Å². The second-order valence-electron chi connectivity index (χ2n) is 5.23. The number of benzene rings is 1. The lowest BCUT2D eigenvalue weighted by Crippen LogP contribution is -2.52. The molecule has 1 heterocycles. The van der Waals surface area contributed by atoms with E-state index >= 15 is 0 Å². The van der Waals surface area contributed by atoms with Crippen LogP contribution in [0.15, 0.2) is 24.3 Å². The largest absolute Gasteiger partial charge is 0.382 e. The van der Waals surface area contributed by atoms with Crippen LogP contribution in [-0.4, -0.2) is 56.9 Å². The minimum atomic E-state index is -0.228. The van der Waals surface area contributed by atoms with Gasteiger partial charge in [-0.2, -0.15) is 0 Å². The van der Waals surface area contributed by atoms with Gasteiger partial charge in [-0.25, -0.2) is 9.18 Å². The Morgan fingerprint density at radius 2 is 1.91 bits per heavy atom. The van der Waals surface area contributed by atoms with Gasteiger partial charge >= 0.3 is 6.03 Å². The summed E-state index contributed by atoms with van der Waals surface area (Å²) in [6, 6.07) is 6.47. The second kappa shape index (κ2) is 8.58. The van der Waals surface area contributed by atoms with Crippen LogP contribution < -0.4 is 10.2 Å². The highest BCUT2D eigenvalue weighted by Gasteiger charge is 2.20. The molecular weight excluding hydrogens is 285 g/mol. The number of amides is 2. The van der Waals surface area contributed by atoms with Crippen LogP contribution in [0, 0.1) is 5.82 Å². The van der Waals surface area contributed by atoms with E-state index in [4.69, 9.17) is 4.74 Å². The van der Waals surface area contributed by atoms with Crippen LogP contribution in [0.1, 0.15) is 13.3 Å². The first-order chi connectivity index (χ1) is 10.7. The number of carbonyl (C=O) groups excluding carboxylic acids is 1. The number of anilines is 1. The molecule has 1 aromatic rings. The zero-order chi connectivity index (χ0) is 15.8. The highest BCUT2D eigenvalue weighted by molar-refractivity contribution is 5.74. The fraction of sp³-hybridized carbons (Fsp3) is 0.562. The molecule has 1 saturated heterocycles. The van der Waals surface area contributed by atoms with Crippen molar-refractivity contribution >= 4 is 11.7 Å².